The molecule has 2 amide bonds. The summed E-state index contributed by atoms with van der Waals surface area (Å²) >= 11 is 0. The summed E-state index contributed by atoms with van der Waals surface area (Å²) in [6.07, 6.45) is 0. The Morgan fingerprint density at radius 1 is 0.651 bits per heavy atom. The maximum atomic E-state index is 12.3. The van der Waals surface area contributed by atoms with Crippen LogP contribution in [0.15, 0.2) is 97.7 Å². The Hall–Kier alpha value is -4.07. The molecule has 0 heterocycles. The Morgan fingerprint density at radius 2 is 1.21 bits per heavy atom. The number of hydrogen-bond acceptors (Lipinski definition) is 10. The highest BCUT2D eigenvalue weighted by molar-refractivity contribution is 7.87. The molecular weight excluding hydrogens is 651 g/mol. The Bertz CT molecular complexity index is 2150. The third kappa shape index (κ3) is 7.86. The van der Waals surface area contributed by atoms with Crippen molar-refractivity contribution < 1.29 is 53.2 Å². The number of amides is 2. The monoisotopic (exact) mass is 670 g/mol. The number of carbonyl (C=O) groups is 1. The van der Waals surface area contributed by atoms with Gasteiger partial charge in [-0.05, 0) is 66.7 Å². The number of carbonyl (C=O) groups excluding carboxylic acids is 1. The van der Waals surface area contributed by atoms with E-state index in [9.17, 15) is 53.2 Å². The third-order valence-electron chi connectivity index (χ3n) is 5.58. The van der Waals surface area contributed by atoms with E-state index in [2.05, 4.69) is 20.9 Å². The van der Waals surface area contributed by atoms with E-state index < -0.39 is 69.9 Å². The lowest BCUT2D eigenvalue weighted by atomic mass is 10.1. The molecule has 226 valence electrons. The number of fused-ring (bicyclic) bond motifs is 1. The fraction of sp³-hybridized carbons (Fsp3) is 0. The van der Waals surface area contributed by atoms with Crippen LogP contribution in [0.2, 0.25) is 0 Å². The minimum Gasteiger partial charge on any atom is -0.343 e. The maximum Gasteiger partial charge on any atom is 0.323 e. The second kappa shape index (κ2) is 11.9. The van der Waals surface area contributed by atoms with Crippen LogP contribution < -0.4 is 15.9 Å². The number of azo groups is 1. The van der Waals surface area contributed by atoms with Gasteiger partial charge in [0.25, 0.3) is 30.4 Å². The van der Waals surface area contributed by atoms with Gasteiger partial charge in [-0.3, -0.25) is 18.2 Å². The number of hydrogen-bond donors (Lipinski definition) is 6. The van der Waals surface area contributed by atoms with Gasteiger partial charge in [-0.15, -0.1) is 0 Å². The highest BCUT2D eigenvalue weighted by atomic mass is 32.2. The summed E-state index contributed by atoms with van der Waals surface area (Å²) in [5.74, 6) is 0. The average Bonchev–Trinajstić information content (AvgIpc) is 2.90. The first-order valence-corrected chi connectivity index (χ1v) is 17.1. The van der Waals surface area contributed by atoms with E-state index in [-0.39, 0.29) is 22.4 Å². The van der Waals surface area contributed by atoms with E-state index in [1.807, 2.05) is 0 Å². The third-order valence-corrected chi connectivity index (χ3v) is 9.00. The molecule has 1 atom stereocenters. The maximum absolute atomic E-state index is 12.3. The van der Waals surface area contributed by atoms with Crippen LogP contribution in [0.1, 0.15) is 0 Å². The van der Waals surface area contributed by atoms with Crippen molar-refractivity contribution in [2.24, 2.45) is 10.2 Å². The fourth-order valence-corrected chi connectivity index (χ4v) is 6.30. The Morgan fingerprint density at radius 3 is 1.79 bits per heavy atom. The number of rotatable bonds is 8. The van der Waals surface area contributed by atoms with Crippen molar-refractivity contribution in [1.82, 2.24) is 0 Å². The second-order valence-electron chi connectivity index (χ2n) is 8.60. The van der Waals surface area contributed by atoms with Gasteiger partial charge in [-0.2, -0.15) is 35.5 Å². The topological polar surface area (TPSA) is 266 Å². The number of nitrogens with zero attached hydrogens (tertiary/aromatic N) is 2. The van der Waals surface area contributed by atoms with E-state index in [0.717, 1.165) is 12.1 Å². The van der Waals surface area contributed by atoms with Crippen LogP contribution in [0.25, 0.3) is 10.8 Å². The van der Waals surface area contributed by atoms with Gasteiger partial charge in [0.2, 0.25) is 8.03 Å². The number of anilines is 2. The summed E-state index contributed by atoms with van der Waals surface area (Å²) < 4.78 is 111. The van der Waals surface area contributed by atoms with E-state index in [0.29, 0.717) is 17.8 Å². The standard InChI is InChI=1S/C23H19N4O12PS3/c28-23(25-15-2-1-3-17(8-15)40(29)30)24-13-4-6-14(7-5-13)26-27-16-9-19-20(21(10-16)42(34,35)36)11-18(41(31,32)33)12-22(19)43(37,38)39/h1-12,40H,(H,29,30)(H2,24,25,28)(H,31,32,33)(H,34,35,36)(H,37,38,39)/b27-26+. The summed E-state index contributed by atoms with van der Waals surface area (Å²) in [7, 11) is -18.3. The minimum absolute atomic E-state index is 0.157. The van der Waals surface area contributed by atoms with Gasteiger partial charge in [0, 0.05) is 27.5 Å². The van der Waals surface area contributed by atoms with Crippen molar-refractivity contribution in [3.63, 3.8) is 0 Å². The molecule has 6 N–H and O–H groups in total. The minimum atomic E-state index is -5.19. The lowest BCUT2D eigenvalue weighted by molar-refractivity contribution is 0.262. The SMILES string of the molecule is O=C(Nc1ccc(/N=N/c2cc(S(=O)(=O)O)c3cc(S(=O)(=O)O)cc(S(=O)(=O)O)c3c2)cc1)Nc1cccc([PH](=O)O)c1. The summed E-state index contributed by atoms with van der Waals surface area (Å²) in [5.41, 5.74) is 0.407. The number of benzene rings is 4. The molecule has 0 aliphatic carbocycles. The molecule has 0 fully saturated rings. The highest BCUT2D eigenvalue weighted by Crippen LogP contribution is 2.36. The molecule has 0 saturated carbocycles. The first-order chi connectivity index (χ1) is 19.9. The van der Waals surface area contributed by atoms with Gasteiger partial charge in [-0.1, -0.05) is 6.07 Å². The average molecular weight is 671 g/mol. The van der Waals surface area contributed by atoms with Gasteiger partial charge in [0.1, 0.15) is 9.79 Å². The van der Waals surface area contributed by atoms with Crippen molar-refractivity contribution in [3.05, 3.63) is 72.8 Å². The van der Waals surface area contributed by atoms with Gasteiger partial charge >= 0.3 is 6.03 Å². The molecule has 0 spiro atoms. The van der Waals surface area contributed by atoms with Crippen LogP contribution in [0.5, 0.6) is 0 Å². The first kappa shape index (κ1) is 31.9. The lowest BCUT2D eigenvalue weighted by Gasteiger charge is -2.11. The normalized spacial score (nSPS) is 13.2. The highest BCUT2D eigenvalue weighted by Gasteiger charge is 2.25. The predicted octanol–water partition coefficient (Wildman–Crippen LogP) is 3.73. The summed E-state index contributed by atoms with van der Waals surface area (Å²) in [5, 5.41) is 11.7. The summed E-state index contributed by atoms with van der Waals surface area (Å²) in [6.45, 7) is 0. The quantitative estimate of drug-likeness (QED) is 0.0889. The van der Waals surface area contributed by atoms with E-state index >= 15 is 0 Å². The van der Waals surface area contributed by atoms with Crippen LogP contribution >= 0.6 is 8.03 Å². The van der Waals surface area contributed by atoms with Gasteiger partial charge in [0.15, 0.2) is 0 Å². The molecule has 16 nitrogen and oxygen atoms in total. The van der Waals surface area contributed by atoms with Gasteiger partial charge in [-0.25, -0.2) is 4.79 Å². The zero-order valence-electron chi connectivity index (χ0n) is 21.1. The van der Waals surface area contributed by atoms with Gasteiger partial charge in [0.05, 0.1) is 16.3 Å². The van der Waals surface area contributed by atoms with Crippen LogP contribution in [0.3, 0.4) is 0 Å². The van der Waals surface area contributed by atoms with Gasteiger partial charge < -0.3 is 15.5 Å². The number of urea groups is 1. The van der Waals surface area contributed by atoms with E-state index in [4.69, 9.17) is 0 Å². The van der Waals surface area contributed by atoms with E-state index in [1.165, 1.54) is 48.5 Å². The Labute approximate surface area is 244 Å². The molecule has 43 heavy (non-hydrogen) atoms. The molecule has 0 saturated heterocycles. The zero-order chi connectivity index (χ0) is 31.7. The van der Waals surface area contributed by atoms with Crippen LogP contribution in [-0.4, -0.2) is 49.8 Å². The zero-order valence-corrected chi connectivity index (χ0v) is 24.6. The molecule has 20 heteroatoms. The lowest BCUT2D eigenvalue weighted by Crippen LogP contribution is -2.19. The van der Waals surface area contributed by atoms with Crippen LogP contribution in [0.4, 0.5) is 27.5 Å². The molecule has 0 aromatic heterocycles. The molecule has 0 bridgehead atoms. The molecule has 0 aliphatic heterocycles. The van der Waals surface area contributed by atoms with Crippen molar-refractivity contribution in [2.75, 3.05) is 10.6 Å². The molecule has 4 rings (SSSR count). The van der Waals surface area contributed by atoms with Crippen molar-refractivity contribution in [1.29, 1.82) is 0 Å². The second-order valence-corrected chi connectivity index (χ2v) is 14.0. The van der Waals surface area contributed by atoms with Crippen molar-refractivity contribution in [2.45, 2.75) is 14.7 Å². The Balaban J connectivity index is 1.64. The first-order valence-electron chi connectivity index (χ1n) is 11.4. The molecule has 0 aliphatic rings. The molecule has 4 aromatic carbocycles. The molecular formula is C23H19N4O12PS3. The van der Waals surface area contributed by atoms with Crippen molar-refractivity contribution >= 4 is 83.2 Å². The molecule has 0 radical (unpaired) electrons. The predicted molar refractivity (Wildman–Crippen MR) is 154 cm³/mol. The number of nitrogens with one attached hydrogen (secondary N) is 2. The summed E-state index contributed by atoms with van der Waals surface area (Å²) in [6, 6.07) is 13.5. The fourth-order valence-electron chi connectivity index (χ4n) is 3.74. The van der Waals surface area contributed by atoms with Crippen molar-refractivity contribution in [3.8, 4) is 0 Å². The summed E-state index contributed by atoms with van der Waals surface area (Å²) in [4.78, 5) is 18.4. The molecule has 4 aromatic rings. The smallest absolute Gasteiger partial charge is 0.323 e. The van der Waals surface area contributed by atoms with Crippen LogP contribution in [-0.2, 0) is 34.9 Å². The molecule has 1 unspecified atom stereocenters. The largest absolute Gasteiger partial charge is 0.343 e. The van der Waals surface area contributed by atoms with E-state index in [1.54, 1.807) is 0 Å². The Kier molecular flexibility index (Phi) is 8.82. The van der Waals surface area contributed by atoms with Crippen LogP contribution in [0, 0.1) is 0 Å².